The second kappa shape index (κ2) is 8.03. The predicted octanol–water partition coefficient (Wildman–Crippen LogP) is 4.50. The molecule has 0 spiro atoms. The number of alkyl halides is 3. The Morgan fingerprint density at radius 1 is 1.04 bits per heavy atom. The van der Waals surface area contributed by atoms with Crippen molar-refractivity contribution in [1.82, 2.24) is 9.97 Å². The fraction of sp³-hybridized carbons (Fsp3) is 0.105. The molecule has 0 unspecified atom stereocenters. The van der Waals surface area contributed by atoms with Gasteiger partial charge in [0.2, 0.25) is 5.95 Å². The van der Waals surface area contributed by atoms with E-state index in [1.165, 1.54) is 12.1 Å². The molecule has 2 N–H and O–H groups in total. The Kier molecular flexibility index (Phi) is 5.53. The van der Waals surface area contributed by atoms with E-state index in [0.717, 1.165) is 29.8 Å². The molecule has 2 aromatic heterocycles. The molecule has 9 heteroatoms. The van der Waals surface area contributed by atoms with Crippen LogP contribution in [0.25, 0.3) is 0 Å². The van der Waals surface area contributed by atoms with Gasteiger partial charge in [-0.15, -0.1) is 0 Å². The quantitative estimate of drug-likeness (QED) is 0.497. The van der Waals surface area contributed by atoms with Crippen LogP contribution >= 0.6 is 0 Å². The topological polar surface area (TPSA) is 66.9 Å². The molecule has 1 aromatic carbocycles. The molecular formula is C19H14F4N4O. The van der Waals surface area contributed by atoms with Gasteiger partial charge in [0.05, 0.1) is 11.3 Å². The van der Waals surface area contributed by atoms with Crippen molar-refractivity contribution in [2.45, 2.75) is 12.7 Å². The summed E-state index contributed by atoms with van der Waals surface area (Å²) >= 11 is 0. The van der Waals surface area contributed by atoms with Crippen LogP contribution in [0.1, 0.15) is 21.5 Å². The van der Waals surface area contributed by atoms with Crippen LogP contribution in [-0.2, 0) is 12.7 Å². The first-order valence-corrected chi connectivity index (χ1v) is 8.11. The SMILES string of the molecule is O=C(Nc1ccc(F)nc1NCc1ccncc1)c1cccc(C(F)(F)F)c1. The van der Waals surface area contributed by atoms with Gasteiger partial charge in [0, 0.05) is 24.5 Å². The van der Waals surface area contributed by atoms with Gasteiger partial charge in [-0.05, 0) is 48.0 Å². The number of benzene rings is 1. The van der Waals surface area contributed by atoms with Crippen LogP contribution in [-0.4, -0.2) is 15.9 Å². The number of carbonyl (C=O) groups is 1. The number of halogens is 4. The molecule has 3 rings (SSSR count). The lowest BCUT2D eigenvalue weighted by atomic mass is 10.1. The van der Waals surface area contributed by atoms with E-state index in [-0.39, 0.29) is 23.6 Å². The number of anilines is 2. The second-order valence-electron chi connectivity index (χ2n) is 5.77. The first-order valence-electron chi connectivity index (χ1n) is 8.11. The molecule has 0 aliphatic carbocycles. The summed E-state index contributed by atoms with van der Waals surface area (Å²) in [5.74, 6) is -1.49. The van der Waals surface area contributed by atoms with E-state index in [0.29, 0.717) is 0 Å². The standard InChI is InChI=1S/C19H14F4N4O/c20-16-5-4-15(17(27-16)25-11-12-6-8-24-9-7-12)26-18(28)13-2-1-3-14(10-13)19(21,22)23/h1-10H,11H2,(H,25,27)(H,26,28). The maximum atomic E-state index is 13.5. The molecule has 0 bridgehead atoms. The van der Waals surface area contributed by atoms with E-state index in [4.69, 9.17) is 0 Å². The highest BCUT2D eigenvalue weighted by molar-refractivity contribution is 6.05. The van der Waals surface area contributed by atoms with Crippen LogP contribution in [0.5, 0.6) is 0 Å². The third-order valence-corrected chi connectivity index (χ3v) is 3.77. The van der Waals surface area contributed by atoms with Crippen molar-refractivity contribution >= 4 is 17.4 Å². The summed E-state index contributed by atoms with van der Waals surface area (Å²) in [5.41, 5.74) is -0.137. The van der Waals surface area contributed by atoms with Crippen LogP contribution in [0, 0.1) is 5.95 Å². The van der Waals surface area contributed by atoms with Crippen LogP contribution in [0.3, 0.4) is 0 Å². The number of aromatic nitrogens is 2. The van der Waals surface area contributed by atoms with E-state index in [1.807, 2.05) is 0 Å². The number of carbonyl (C=O) groups excluding carboxylic acids is 1. The molecule has 3 aromatic rings. The fourth-order valence-corrected chi connectivity index (χ4v) is 2.39. The minimum atomic E-state index is -4.56. The van der Waals surface area contributed by atoms with Crippen LogP contribution in [0.15, 0.2) is 60.9 Å². The summed E-state index contributed by atoms with van der Waals surface area (Å²) in [6, 6.07) is 9.82. The highest BCUT2D eigenvalue weighted by Gasteiger charge is 2.31. The zero-order chi connectivity index (χ0) is 20.1. The average molecular weight is 390 g/mol. The number of amides is 1. The van der Waals surface area contributed by atoms with Crippen molar-refractivity contribution in [3.8, 4) is 0 Å². The first kappa shape index (κ1) is 19.3. The molecule has 28 heavy (non-hydrogen) atoms. The van der Waals surface area contributed by atoms with Gasteiger partial charge >= 0.3 is 6.18 Å². The summed E-state index contributed by atoms with van der Waals surface area (Å²) in [5, 5.41) is 5.35. The number of nitrogens with one attached hydrogen (secondary N) is 2. The smallest absolute Gasteiger partial charge is 0.364 e. The Bertz CT molecular complexity index is 977. The van der Waals surface area contributed by atoms with Crippen LogP contribution in [0.4, 0.5) is 29.1 Å². The summed E-state index contributed by atoms with van der Waals surface area (Å²) in [4.78, 5) is 20.0. The highest BCUT2D eigenvalue weighted by atomic mass is 19.4. The zero-order valence-electron chi connectivity index (χ0n) is 14.3. The van der Waals surface area contributed by atoms with E-state index in [1.54, 1.807) is 24.5 Å². The molecule has 1 amide bonds. The van der Waals surface area contributed by atoms with Crippen molar-refractivity contribution in [3.63, 3.8) is 0 Å². The van der Waals surface area contributed by atoms with E-state index < -0.39 is 23.6 Å². The average Bonchev–Trinajstić information content (AvgIpc) is 2.68. The normalized spacial score (nSPS) is 11.1. The van der Waals surface area contributed by atoms with Crippen LogP contribution in [0.2, 0.25) is 0 Å². The molecule has 0 fully saturated rings. The zero-order valence-corrected chi connectivity index (χ0v) is 14.3. The molecule has 0 saturated heterocycles. The van der Waals surface area contributed by atoms with Gasteiger partial charge in [-0.3, -0.25) is 9.78 Å². The maximum absolute atomic E-state index is 13.5. The highest BCUT2D eigenvalue weighted by Crippen LogP contribution is 2.30. The monoisotopic (exact) mass is 390 g/mol. The summed E-state index contributed by atoms with van der Waals surface area (Å²) < 4.78 is 52.0. The Labute approximate surface area is 157 Å². The molecular weight excluding hydrogens is 376 g/mol. The molecule has 5 nitrogen and oxygen atoms in total. The number of rotatable bonds is 5. The minimum Gasteiger partial charge on any atom is -0.364 e. The third-order valence-electron chi connectivity index (χ3n) is 3.77. The lowest BCUT2D eigenvalue weighted by molar-refractivity contribution is -0.137. The lowest BCUT2D eigenvalue weighted by Crippen LogP contribution is -2.16. The van der Waals surface area contributed by atoms with Gasteiger partial charge in [0.25, 0.3) is 5.91 Å². The minimum absolute atomic E-state index is 0.0529. The number of pyridine rings is 2. The molecule has 0 saturated carbocycles. The van der Waals surface area contributed by atoms with Crippen LogP contribution < -0.4 is 10.6 Å². The van der Waals surface area contributed by atoms with Crippen molar-refractivity contribution in [2.24, 2.45) is 0 Å². The van der Waals surface area contributed by atoms with Gasteiger partial charge in [0.15, 0.2) is 5.82 Å². The van der Waals surface area contributed by atoms with Crippen molar-refractivity contribution in [1.29, 1.82) is 0 Å². The van der Waals surface area contributed by atoms with Gasteiger partial charge in [0.1, 0.15) is 0 Å². The Morgan fingerprint density at radius 2 is 1.79 bits per heavy atom. The van der Waals surface area contributed by atoms with E-state index >= 15 is 0 Å². The van der Waals surface area contributed by atoms with Crippen molar-refractivity contribution in [2.75, 3.05) is 10.6 Å². The molecule has 0 aliphatic heterocycles. The third kappa shape index (κ3) is 4.81. The molecule has 0 radical (unpaired) electrons. The van der Waals surface area contributed by atoms with E-state index in [2.05, 4.69) is 20.6 Å². The predicted molar refractivity (Wildman–Crippen MR) is 95.2 cm³/mol. The van der Waals surface area contributed by atoms with Crippen molar-refractivity contribution in [3.05, 3.63) is 83.6 Å². The summed E-state index contributed by atoms with van der Waals surface area (Å²) in [6.07, 6.45) is -1.39. The molecule has 2 heterocycles. The van der Waals surface area contributed by atoms with Crippen molar-refractivity contribution < 1.29 is 22.4 Å². The molecule has 0 atom stereocenters. The number of hydrogen-bond donors (Lipinski definition) is 2. The van der Waals surface area contributed by atoms with Gasteiger partial charge in [-0.25, -0.2) is 4.98 Å². The van der Waals surface area contributed by atoms with Gasteiger partial charge in [-0.2, -0.15) is 17.6 Å². The van der Waals surface area contributed by atoms with Gasteiger partial charge < -0.3 is 10.6 Å². The second-order valence-corrected chi connectivity index (χ2v) is 5.77. The Balaban J connectivity index is 1.79. The number of nitrogens with zero attached hydrogens (tertiary/aromatic N) is 2. The summed E-state index contributed by atoms with van der Waals surface area (Å²) in [7, 11) is 0. The lowest BCUT2D eigenvalue weighted by Gasteiger charge is -2.13. The maximum Gasteiger partial charge on any atom is 0.416 e. The fourth-order valence-electron chi connectivity index (χ4n) is 2.39. The molecule has 144 valence electrons. The summed E-state index contributed by atoms with van der Waals surface area (Å²) in [6.45, 7) is 0.283. The Morgan fingerprint density at radius 3 is 2.50 bits per heavy atom. The first-order chi connectivity index (χ1) is 13.3. The van der Waals surface area contributed by atoms with Gasteiger partial charge in [-0.1, -0.05) is 6.07 Å². The van der Waals surface area contributed by atoms with E-state index in [9.17, 15) is 22.4 Å². The molecule has 0 aliphatic rings. The Hall–Kier alpha value is -3.49. The number of hydrogen-bond acceptors (Lipinski definition) is 4. The largest absolute Gasteiger partial charge is 0.416 e.